The van der Waals surface area contributed by atoms with Crippen molar-refractivity contribution in [1.82, 2.24) is 0 Å². The molecule has 0 aliphatic rings. The van der Waals surface area contributed by atoms with Gasteiger partial charge in [-0.3, -0.25) is 4.79 Å². The molecule has 0 aliphatic heterocycles. The number of phenols is 1. The van der Waals surface area contributed by atoms with Crippen LogP contribution in [0.15, 0.2) is 36.4 Å². The molecule has 0 bridgehead atoms. The van der Waals surface area contributed by atoms with E-state index in [2.05, 4.69) is 5.32 Å². The first-order valence-corrected chi connectivity index (χ1v) is 6.62. The van der Waals surface area contributed by atoms with Crippen LogP contribution in [-0.4, -0.2) is 11.0 Å². The number of carbonyl (C=O) groups is 1. The average Bonchev–Trinajstić information content (AvgIpc) is 2.36. The van der Waals surface area contributed by atoms with Gasteiger partial charge in [0.15, 0.2) is 0 Å². The van der Waals surface area contributed by atoms with Crippen LogP contribution < -0.4 is 5.32 Å². The molecule has 0 heterocycles. The van der Waals surface area contributed by atoms with Crippen molar-refractivity contribution in [3.05, 3.63) is 56.9 Å². The molecule has 1 amide bonds. The molecule has 0 atom stereocenters. The largest absolute Gasteiger partial charge is 0.508 e. The summed E-state index contributed by atoms with van der Waals surface area (Å²) in [7, 11) is 0. The molecule has 98 valence electrons. The molecule has 2 aromatic carbocycles. The highest BCUT2D eigenvalue weighted by Gasteiger charge is 2.13. The molecule has 19 heavy (non-hydrogen) atoms. The maximum absolute atomic E-state index is 13.0. The summed E-state index contributed by atoms with van der Waals surface area (Å²) >= 11 is 1.95. The van der Waals surface area contributed by atoms with Gasteiger partial charge in [0.2, 0.25) is 0 Å². The van der Waals surface area contributed by atoms with Crippen LogP contribution in [0.3, 0.4) is 0 Å². The summed E-state index contributed by atoms with van der Waals surface area (Å²) in [5.74, 6) is -0.615. The molecule has 0 unspecified atom stereocenters. The van der Waals surface area contributed by atoms with Crippen molar-refractivity contribution >= 4 is 34.2 Å². The maximum Gasteiger partial charge on any atom is 0.256 e. The van der Waals surface area contributed by atoms with E-state index in [9.17, 15) is 14.3 Å². The lowest BCUT2D eigenvalue weighted by atomic mass is 10.1. The lowest BCUT2D eigenvalue weighted by molar-refractivity contribution is 0.102. The normalized spacial score (nSPS) is 10.3. The van der Waals surface area contributed by atoms with Crippen LogP contribution in [0.25, 0.3) is 0 Å². The third-order valence-corrected chi connectivity index (χ3v) is 3.62. The predicted molar refractivity (Wildman–Crippen MR) is 79.9 cm³/mol. The Morgan fingerprint density at radius 2 is 2.05 bits per heavy atom. The van der Waals surface area contributed by atoms with Crippen molar-refractivity contribution in [2.75, 3.05) is 5.32 Å². The summed E-state index contributed by atoms with van der Waals surface area (Å²) in [5.41, 5.74) is 1.44. The van der Waals surface area contributed by atoms with E-state index in [1.807, 2.05) is 22.6 Å². The van der Waals surface area contributed by atoms with Gasteiger partial charge < -0.3 is 10.4 Å². The molecule has 0 aromatic heterocycles. The van der Waals surface area contributed by atoms with Gasteiger partial charge in [-0.2, -0.15) is 0 Å². The zero-order valence-corrected chi connectivity index (χ0v) is 12.2. The van der Waals surface area contributed by atoms with Gasteiger partial charge in [0, 0.05) is 14.7 Å². The van der Waals surface area contributed by atoms with E-state index in [-0.39, 0.29) is 17.5 Å². The minimum Gasteiger partial charge on any atom is -0.508 e. The highest BCUT2D eigenvalue weighted by atomic mass is 127. The molecule has 0 aliphatic carbocycles. The monoisotopic (exact) mass is 371 g/mol. The molecule has 2 rings (SSSR count). The molecule has 0 spiro atoms. The minimum atomic E-state index is -0.351. The second kappa shape index (κ2) is 5.56. The van der Waals surface area contributed by atoms with Crippen LogP contribution in [0.5, 0.6) is 5.75 Å². The molecule has 0 saturated heterocycles. The molecular weight excluding hydrogens is 360 g/mol. The SMILES string of the molecule is Cc1c(O)cccc1C(=O)Nc1ccc(F)cc1I. The molecule has 0 radical (unpaired) electrons. The molecule has 2 N–H and O–H groups in total. The van der Waals surface area contributed by atoms with Gasteiger partial charge in [0.05, 0.1) is 5.69 Å². The number of rotatable bonds is 2. The van der Waals surface area contributed by atoms with Gasteiger partial charge in [-0.05, 0) is 59.8 Å². The number of anilines is 1. The van der Waals surface area contributed by atoms with Crippen molar-refractivity contribution in [3.63, 3.8) is 0 Å². The number of nitrogens with one attached hydrogen (secondary N) is 1. The fourth-order valence-corrected chi connectivity index (χ4v) is 2.26. The summed E-state index contributed by atoms with van der Waals surface area (Å²) in [6.07, 6.45) is 0. The fraction of sp³-hybridized carbons (Fsp3) is 0.0714. The van der Waals surface area contributed by atoms with Crippen LogP contribution in [0, 0.1) is 16.3 Å². The Kier molecular flexibility index (Phi) is 4.04. The van der Waals surface area contributed by atoms with Crippen molar-refractivity contribution in [1.29, 1.82) is 0 Å². The lowest BCUT2D eigenvalue weighted by Gasteiger charge is -2.10. The molecule has 3 nitrogen and oxygen atoms in total. The van der Waals surface area contributed by atoms with E-state index in [0.29, 0.717) is 20.4 Å². The van der Waals surface area contributed by atoms with Gasteiger partial charge in [-0.25, -0.2) is 4.39 Å². The van der Waals surface area contributed by atoms with E-state index < -0.39 is 0 Å². The summed E-state index contributed by atoms with van der Waals surface area (Å²) in [5, 5.41) is 12.3. The van der Waals surface area contributed by atoms with E-state index in [4.69, 9.17) is 0 Å². The molecule has 5 heteroatoms. The fourth-order valence-electron chi connectivity index (χ4n) is 1.65. The molecular formula is C14H11FINO2. The number of halogens is 2. The van der Waals surface area contributed by atoms with Crippen molar-refractivity contribution in [2.45, 2.75) is 6.92 Å². The van der Waals surface area contributed by atoms with Gasteiger partial charge in [-0.1, -0.05) is 6.07 Å². The smallest absolute Gasteiger partial charge is 0.256 e. The Morgan fingerprint density at radius 1 is 1.32 bits per heavy atom. The molecule has 0 fully saturated rings. The van der Waals surface area contributed by atoms with E-state index in [1.165, 1.54) is 24.3 Å². The zero-order valence-electron chi connectivity index (χ0n) is 10.1. The van der Waals surface area contributed by atoms with Crippen molar-refractivity contribution in [3.8, 4) is 5.75 Å². The highest BCUT2D eigenvalue weighted by Crippen LogP contribution is 2.23. The maximum atomic E-state index is 13.0. The third kappa shape index (κ3) is 3.04. The van der Waals surface area contributed by atoms with E-state index in [1.54, 1.807) is 19.1 Å². The third-order valence-electron chi connectivity index (χ3n) is 2.73. The number of aromatic hydroxyl groups is 1. The van der Waals surface area contributed by atoms with Gasteiger partial charge >= 0.3 is 0 Å². The lowest BCUT2D eigenvalue weighted by Crippen LogP contribution is -2.14. The number of benzene rings is 2. The second-order valence-corrected chi connectivity index (χ2v) is 5.19. The Labute approximate surface area is 123 Å². The van der Waals surface area contributed by atoms with Gasteiger partial charge in [-0.15, -0.1) is 0 Å². The number of hydrogen-bond donors (Lipinski definition) is 2. The summed E-state index contributed by atoms with van der Waals surface area (Å²) in [6, 6.07) is 8.88. The first-order chi connectivity index (χ1) is 8.99. The molecule has 2 aromatic rings. The quantitative estimate of drug-likeness (QED) is 0.792. The van der Waals surface area contributed by atoms with Crippen molar-refractivity contribution in [2.24, 2.45) is 0 Å². The van der Waals surface area contributed by atoms with Gasteiger partial charge in [0.1, 0.15) is 11.6 Å². The van der Waals surface area contributed by atoms with Crippen molar-refractivity contribution < 1.29 is 14.3 Å². The van der Waals surface area contributed by atoms with Crippen LogP contribution >= 0.6 is 22.6 Å². The van der Waals surface area contributed by atoms with E-state index in [0.717, 1.165) is 0 Å². The van der Waals surface area contributed by atoms with E-state index >= 15 is 0 Å². The first kappa shape index (κ1) is 13.8. The van der Waals surface area contributed by atoms with Crippen LogP contribution in [0.2, 0.25) is 0 Å². The Bertz CT molecular complexity index is 643. The number of phenolic OH excluding ortho intramolecular Hbond substituents is 1. The van der Waals surface area contributed by atoms with Crippen LogP contribution in [0.1, 0.15) is 15.9 Å². The van der Waals surface area contributed by atoms with Gasteiger partial charge in [0.25, 0.3) is 5.91 Å². The molecule has 0 saturated carbocycles. The predicted octanol–water partition coefficient (Wildman–Crippen LogP) is 3.70. The summed E-state index contributed by atoms with van der Waals surface area (Å²) < 4.78 is 13.6. The topological polar surface area (TPSA) is 49.3 Å². The Hall–Kier alpha value is -1.63. The summed E-state index contributed by atoms with van der Waals surface area (Å²) in [6.45, 7) is 1.67. The average molecular weight is 371 g/mol. The minimum absolute atomic E-state index is 0.0708. The van der Waals surface area contributed by atoms with Crippen LogP contribution in [-0.2, 0) is 0 Å². The number of amides is 1. The Balaban J connectivity index is 2.28. The first-order valence-electron chi connectivity index (χ1n) is 5.54. The van der Waals surface area contributed by atoms with Crippen LogP contribution in [0.4, 0.5) is 10.1 Å². The second-order valence-electron chi connectivity index (χ2n) is 4.03. The number of hydrogen-bond acceptors (Lipinski definition) is 2. The number of carbonyl (C=O) groups excluding carboxylic acids is 1. The Morgan fingerprint density at radius 3 is 2.74 bits per heavy atom. The zero-order chi connectivity index (χ0) is 14.0. The highest BCUT2D eigenvalue weighted by molar-refractivity contribution is 14.1. The standard InChI is InChI=1S/C14H11FINO2/c1-8-10(3-2-4-13(8)18)14(19)17-12-6-5-9(15)7-11(12)16/h2-7,18H,1H3,(H,17,19). The summed E-state index contributed by atoms with van der Waals surface area (Å²) in [4.78, 5) is 12.1.